The first kappa shape index (κ1) is 17.8. The molecule has 1 fully saturated rings. The van der Waals surface area contributed by atoms with Gasteiger partial charge in [0, 0.05) is 37.7 Å². The second-order valence-corrected chi connectivity index (χ2v) is 6.96. The summed E-state index contributed by atoms with van der Waals surface area (Å²) in [5.74, 6) is -0.203. The van der Waals surface area contributed by atoms with Gasteiger partial charge in [-0.2, -0.15) is 0 Å². The van der Waals surface area contributed by atoms with Crippen molar-refractivity contribution in [3.05, 3.63) is 27.9 Å². The lowest BCUT2D eigenvalue weighted by Gasteiger charge is -2.13. The van der Waals surface area contributed by atoms with E-state index in [-0.39, 0.29) is 11.1 Å². The van der Waals surface area contributed by atoms with Crippen molar-refractivity contribution in [2.45, 2.75) is 40.2 Å². The maximum Gasteiger partial charge on any atom is 0.293 e. The van der Waals surface area contributed by atoms with Crippen molar-refractivity contribution in [1.29, 1.82) is 0 Å². The van der Waals surface area contributed by atoms with E-state index >= 15 is 0 Å². The van der Waals surface area contributed by atoms with E-state index in [9.17, 15) is 9.59 Å². The third kappa shape index (κ3) is 3.70. The summed E-state index contributed by atoms with van der Waals surface area (Å²) in [5.41, 5.74) is 3.27. The van der Waals surface area contributed by atoms with Crippen LogP contribution in [0.1, 0.15) is 43.3 Å². The van der Waals surface area contributed by atoms with Crippen LogP contribution >= 0.6 is 11.8 Å². The summed E-state index contributed by atoms with van der Waals surface area (Å²) >= 11 is 1.02. The minimum absolute atomic E-state index is 0.199. The van der Waals surface area contributed by atoms with Gasteiger partial charge in [-0.15, -0.1) is 0 Å². The third-order valence-electron chi connectivity index (χ3n) is 3.93. The first-order valence-electron chi connectivity index (χ1n) is 7.79. The lowest BCUT2D eigenvalue weighted by molar-refractivity contribution is -0.122. The topological polar surface area (TPSA) is 51.5 Å². The Morgan fingerprint density at radius 3 is 2.57 bits per heavy atom. The molecule has 23 heavy (non-hydrogen) atoms. The highest BCUT2D eigenvalue weighted by Crippen LogP contribution is 2.33. The zero-order valence-corrected chi connectivity index (χ0v) is 15.2. The van der Waals surface area contributed by atoms with Gasteiger partial charge in [0.25, 0.3) is 11.1 Å². The number of hydrogen-bond donors (Lipinski definition) is 0. The average Bonchev–Trinajstić information content (AvgIpc) is 2.90. The Morgan fingerprint density at radius 2 is 2.00 bits per heavy atom. The van der Waals surface area contributed by atoms with Crippen LogP contribution in [0.3, 0.4) is 0 Å². The van der Waals surface area contributed by atoms with Gasteiger partial charge in [-0.05, 0) is 63.6 Å². The molecule has 0 spiro atoms. The molecule has 2 rings (SSSR count). The lowest BCUT2D eigenvalue weighted by Crippen LogP contribution is -2.29. The van der Waals surface area contributed by atoms with E-state index in [1.807, 2.05) is 13.0 Å². The van der Waals surface area contributed by atoms with Crippen molar-refractivity contribution in [3.63, 3.8) is 0 Å². The number of nitrogens with zero attached hydrogens (tertiary/aromatic N) is 2. The van der Waals surface area contributed by atoms with Crippen LogP contribution in [-0.2, 0) is 9.53 Å². The number of imide groups is 1. The Kier molecular flexibility index (Phi) is 5.70. The quantitative estimate of drug-likeness (QED) is 0.586. The minimum atomic E-state index is -0.203. The smallest absolute Gasteiger partial charge is 0.293 e. The van der Waals surface area contributed by atoms with E-state index in [2.05, 4.69) is 31.4 Å². The van der Waals surface area contributed by atoms with Crippen molar-refractivity contribution >= 4 is 29.0 Å². The fourth-order valence-electron chi connectivity index (χ4n) is 2.94. The van der Waals surface area contributed by atoms with Gasteiger partial charge in [-0.25, -0.2) is 0 Å². The summed E-state index contributed by atoms with van der Waals surface area (Å²) in [6.07, 6.45) is 2.49. The van der Waals surface area contributed by atoms with Gasteiger partial charge in [0.05, 0.1) is 4.91 Å². The van der Waals surface area contributed by atoms with Crippen molar-refractivity contribution < 1.29 is 14.3 Å². The van der Waals surface area contributed by atoms with Crippen molar-refractivity contribution in [1.82, 2.24) is 9.47 Å². The monoisotopic (exact) mass is 336 g/mol. The summed E-state index contributed by atoms with van der Waals surface area (Å²) < 4.78 is 7.21. The van der Waals surface area contributed by atoms with Gasteiger partial charge in [-0.1, -0.05) is 0 Å². The van der Waals surface area contributed by atoms with Crippen LogP contribution in [0, 0.1) is 13.8 Å². The summed E-state index contributed by atoms with van der Waals surface area (Å²) in [5, 5.41) is -0.199. The Hall–Kier alpha value is -1.53. The summed E-state index contributed by atoms with van der Waals surface area (Å²) in [4.78, 5) is 26.2. The molecule has 6 heteroatoms. The minimum Gasteiger partial charge on any atom is -0.385 e. The molecule has 0 unspecified atom stereocenters. The van der Waals surface area contributed by atoms with Crippen LogP contribution in [-0.4, -0.2) is 40.9 Å². The molecule has 0 aliphatic carbocycles. The molecule has 126 valence electrons. The third-order valence-corrected chi connectivity index (χ3v) is 4.84. The zero-order valence-electron chi connectivity index (χ0n) is 14.4. The molecule has 0 radical (unpaired) electrons. The maximum absolute atomic E-state index is 12.4. The predicted molar refractivity (Wildman–Crippen MR) is 93.5 cm³/mol. The first-order chi connectivity index (χ1) is 10.9. The van der Waals surface area contributed by atoms with Gasteiger partial charge in [0.15, 0.2) is 0 Å². The number of ether oxygens (including phenoxy) is 1. The number of carbonyl (C=O) groups is 2. The number of methoxy groups -OCH3 is 1. The number of thioether (sulfide) groups is 1. The van der Waals surface area contributed by atoms with Crippen LogP contribution < -0.4 is 0 Å². The number of aryl methyl sites for hydroxylation is 1. The van der Waals surface area contributed by atoms with Crippen molar-refractivity contribution in [2.24, 2.45) is 0 Å². The zero-order chi connectivity index (χ0) is 17.1. The van der Waals surface area contributed by atoms with E-state index in [0.717, 1.165) is 28.7 Å². The van der Waals surface area contributed by atoms with Gasteiger partial charge in [-0.3, -0.25) is 14.5 Å². The molecule has 5 nitrogen and oxygen atoms in total. The van der Waals surface area contributed by atoms with E-state index in [1.165, 1.54) is 4.90 Å². The molecule has 2 amide bonds. The van der Waals surface area contributed by atoms with Crippen LogP contribution in [0.15, 0.2) is 11.0 Å². The molecule has 1 saturated heterocycles. The Bertz CT molecular complexity index is 647. The van der Waals surface area contributed by atoms with E-state index in [4.69, 9.17) is 4.74 Å². The molecule has 2 heterocycles. The Morgan fingerprint density at radius 1 is 1.30 bits per heavy atom. The lowest BCUT2D eigenvalue weighted by atomic mass is 10.2. The van der Waals surface area contributed by atoms with Crippen molar-refractivity contribution in [3.8, 4) is 0 Å². The van der Waals surface area contributed by atoms with Gasteiger partial charge in [0.1, 0.15) is 0 Å². The molecule has 0 saturated carbocycles. The summed E-state index contributed by atoms with van der Waals surface area (Å²) in [7, 11) is 1.61. The first-order valence-corrected chi connectivity index (χ1v) is 8.61. The van der Waals surface area contributed by atoms with Gasteiger partial charge < -0.3 is 9.30 Å². The largest absolute Gasteiger partial charge is 0.385 e. The second-order valence-electron chi connectivity index (χ2n) is 5.97. The fraction of sp³-hybridized carbons (Fsp3) is 0.529. The van der Waals surface area contributed by atoms with Gasteiger partial charge >= 0.3 is 0 Å². The van der Waals surface area contributed by atoms with Crippen molar-refractivity contribution in [2.75, 3.05) is 20.3 Å². The van der Waals surface area contributed by atoms with Crippen LogP contribution in [0.4, 0.5) is 4.79 Å². The Balaban J connectivity index is 2.23. The normalized spacial score (nSPS) is 17.1. The maximum atomic E-state index is 12.4. The van der Waals surface area contributed by atoms with E-state index in [1.54, 1.807) is 7.11 Å². The molecular weight excluding hydrogens is 312 g/mol. The fourth-order valence-corrected chi connectivity index (χ4v) is 3.80. The molecular formula is C17H24N2O3S. The summed E-state index contributed by atoms with van der Waals surface area (Å²) in [6, 6.07) is 2.43. The highest BCUT2D eigenvalue weighted by Gasteiger charge is 2.34. The second kappa shape index (κ2) is 7.36. The highest BCUT2D eigenvalue weighted by molar-refractivity contribution is 8.18. The van der Waals surface area contributed by atoms with E-state index < -0.39 is 0 Å². The molecule has 0 bridgehead atoms. The molecule has 1 aromatic rings. The predicted octanol–water partition coefficient (Wildman–Crippen LogP) is 3.76. The van der Waals surface area contributed by atoms with Gasteiger partial charge in [0.2, 0.25) is 0 Å². The SMILES string of the molecule is COCCCN1C(=O)S/C(=C/c2cc(C)n(C(C)C)c2C)C1=O. The Labute approximate surface area is 141 Å². The number of aromatic nitrogens is 1. The number of amides is 2. The van der Waals surface area contributed by atoms with Crippen LogP contribution in [0.25, 0.3) is 6.08 Å². The molecule has 0 N–H and O–H groups in total. The standard InChI is InChI=1S/C17H24N2O3S/c1-11(2)19-12(3)9-14(13(19)4)10-15-16(20)18(17(21)23-15)7-6-8-22-5/h9-11H,6-8H2,1-5H3/b15-10+. The molecule has 1 aliphatic rings. The molecule has 0 aromatic carbocycles. The van der Waals surface area contributed by atoms with E-state index in [0.29, 0.717) is 30.5 Å². The summed E-state index contributed by atoms with van der Waals surface area (Å²) in [6.45, 7) is 9.31. The number of carbonyl (C=O) groups excluding carboxylic acids is 2. The van der Waals surface area contributed by atoms with Crippen LogP contribution in [0.5, 0.6) is 0 Å². The molecule has 0 atom stereocenters. The molecule has 1 aliphatic heterocycles. The number of rotatable bonds is 6. The molecule has 1 aromatic heterocycles. The van der Waals surface area contributed by atoms with Crippen LogP contribution in [0.2, 0.25) is 0 Å². The number of hydrogen-bond acceptors (Lipinski definition) is 4. The highest BCUT2D eigenvalue weighted by atomic mass is 32.2. The average molecular weight is 336 g/mol.